The van der Waals surface area contributed by atoms with Crippen LogP contribution in [0.2, 0.25) is 0 Å². The number of carbonyl (C=O) groups excluding carboxylic acids is 1. The van der Waals surface area contributed by atoms with Gasteiger partial charge in [-0.15, -0.1) is 11.3 Å². The first-order chi connectivity index (χ1) is 23.2. The van der Waals surface area contributed by atoms with Gasteiger partial charge < -0.3 is 23.8 Å². The fourth-order valence-electron chi connectivity index (χ4n) is 6.61. The highest BCUT2D eigenvalue weighted by molar-refractivity contribution is 7.18. The molecule has 1 atom stereocenters. The predicted molar refractivity (Wildman–Crippen MR) is 180 cm³/mol. The van der Waals surface area contributed by atoms with Gasteiger partial charge in [0.2, 0.25) is 5.91 Å². The molecule has 1 fully saturated rings. The van der Waals surface area contributed by atoms with Crippen molar-refractivity contribution >= 4 is 27.3 Å². The van der Waals surface area contributed by atoms with Crippen LogP contribution in [0.4, 0.5) is 8.78 Å². The van der Waals surface area contributed by atoms with Crippen LogP contribution in [0.25, 0.3) is 43.9 Å². The predicted octanol–water partition coefficient (Wildman–Crippen LogP) is 5.53. The lowest BCUT2D eigenvalue weighted by Crippen LogP contribution is -2.47. The van der Waals surface area contributed by atoms with Crippen molar-refractivity contribution in [1.82, 2.24) is 29.1 Å². The molecule has 0 radical (unpaired) electrons. The Morgan fingerprint density at radius 2 is 1.92 bits per heavy atom. The second kappa shape index (κ2) is 12.7. The third-order valence-electron chi connectivity index (χ3n) is 9.03. The number of thiophene rings is 1. The summed E-state index contributed by atoms with van der Waals surface area (Å²) in [6.07, 6.45) is 3.13. The van der Waals surface area contributed by atoms with Crippen molar-refractivity contribution in [1.29, 1.82) is 0 Å². The molecule has 5 aromatic rings. The molecule has 6 heterocycles. The Morgan fingerprint density at radius 3 is 2.67 bits per heavy atom. The van der Waals surface area contributed by atoms with Crippen molar-refractivity contribution in [2.45, 2.75) is 25.6 Å². The van der Waals surface area contributed by atoms with Crippen LogP contribution in [0, 0.1) is 11.6 Å². The summed E-state index contributed by atoms with van der Waals surface area (Å²) in [5, 5.41) is 7.56. The van der Waals surface area contributed by atoms with E-state index in [1.807, 2.05) is 42.4 Å². The molecule has 0 spiro atoms. The molecule has 1 unspecified atom stereocenters. The minimum atomic E-state index is -0.810. The fraction of sp³-hybridized carbons (Fsp3) is 0.314. The van der Waals surface area contributed by atoms with Crippen LogP contribution in [0.5, 0.6) is 5.75 Å². The van der Waals surface area contributed by atoms with Gasteiger partial charge in [0, 0.05) is 72.4 Å². The van der Waals surface area contributed by atoms with Gasteiger partial charge in [0.05, 0.1) is 42.2 Å². The molecule has 1 aromatic carbocycles. The molecule has 0 N–H and O–H groups in total. The first-order valence-electron chi connectivity index (χ1n) is 15.6. The second-order valence-electron chi connectivity index (χ2n) is 12.1. The number of nitrogens with zero attached hydrogens (tertiary/aromatic N) is 6. The summed E-state index contributed by atoms with van der Waals surface area (Å²) in [7, 11) is 3.52. The Hall–Kier alpha value is -4.72. The Balaban J connectivity index is 1.48. The number of hydrogen-bond acceptors (Lipinski definition) is 8. The number of ether oxygens (including phenoxy) is 2. The van der Waals surface area contributed by atoms with E-state index >= 15 is 4.39 Å². The number of pyridine rings is 2. The van der Waals surface area contributed by atoms with E-state index in [-0.39, 0.29) is 48.1 Å². The lowest BCUT2D eigenvalue weighted by molar-refractivity contribution is -0.129. The molecule has 2 aliphatic rings. The lowest BCUT2D eigenvalue weighted by atomic mass is 9.96. The van der Waals surface area contributed by atoms with Crippen LogP contribution < -0.4 is 10.3 Å². The van der Waals surface area contributed by atoms with Gasteiger partial charge >= 0.3 is 0 Å². The quantitative estimate of drug-likeness (QED) is 0.150. The van der Waals surface area contributed by atoms with Crippen LogP contribution in [0.3, 0.4) is 0 Å². The van der Waals surface area contributed by atoms with Gasteiger partial charge in [-0.05, 0) is 43.6 Å². The molecule has 2 aliphatic heterocycles. The summed E-state index contributed by atoms with van der Waals surface area (Å²) in [6, 6.07) is 8.80. The minimum Gasteiger partial charge on any atom is -0.490 e. The maximum absolute atomic E-state index is 16.1. The Morgan fingerprint density at radius 1 is 1.10 bits per heavy atom. The third-order valence-corrected chi connectivity index (χ3v) is 9.96. The van der Waals surface area contributed by atoms with Crippen LogP contribution in [0.1, 0.15) is 24.7 Å². The topological polar surface area (TPSA) is 94.7 Å². The monoisotopic (exact) mass is 672 g/mol. The summed E-state index contributed by atoms with van der Waals surface area (Å²) in [5.74, 6) is -1.76. The van der Waals surface area contributed by atoms with Gasteiger partial charge in [0.15, 0.2) is 0 Å². The summed E-state index contributed by atoms with van der Waals surface area (Å²) in [6.45, 7) is 8.25. The molecular formula is C35H34F2N6O4S. The number of benzene rings is 1. The van der Waals surface area contributed by atoms with E-state index in [9.17, 15) is 14.0 Å². The number of carbonyl (C=O) groups is 1. The van der Waals surface area contributed by atoms with Gasteiger partial charge in [-0.3, -0.25) is 14.3 Å². The number of hydrogen-bond donors (Lipinski definition) is 0. The SMILES string of the molecule is C=CC(=O)N1CCn2nc(-c3nc(-c4ccc(=O)n(C5CN(C)C5)c4)c4ccsc4c3-c3c(F)cc(F)cc3OCCOC)cc2C1C. The zero-order valence-corrected chi connectivity index (χ0v) is 27.6. The average molecular weight is 673 g/mol. The van der Waals surface area contributed by atoms with Gasteiger partial charge in [-0.25, -0.2) is 13.8 Å². The van der Waals surface area contributed by atoms with Crippen LogP contribution in [-0.4, -0.2) is 82.0 Å². The molecule has 0 bridgehead atoms. The molecule has 0 saturated carbocycles. The normalized spacial score (nSPS) is 16.6. The number of halogens is 2. The van der Waals surface area contributed by atoms with E-state index in [0.29, 0.717) is 40.4 Å². The second-order valence-corrected chi connectivity index (χ2v) is 13.0. The summed E-state index contributed by atoms with van der Waals surface area (Å²) in [5.41, 5.74) is 3.27. The number of likely N-dealkylation sites (tertiary alicyclic amines) is 1. The molecule has 13 heteroatoms. The Bertz CT molecular complexity index is 2120. The van der Waals surface area contributed by atoms with E-state index in [1.165, 1.54) is 24.5 Å². The fourth-order valence-corrected chi connectivity index (χ4v) is 7.56. The zero-order chi connectivity index (χ0) is 33.7. The molecule has 4 aromatic heterocycles. The van der Waals surface area contributed by atoms with Crippen molar-refractivity contribution in [3.63, 3.8) is 0 Å². The number of fused-ring (bicyclic) bond motifs is 2. The van der Waals surface area contributed by atoms with Crippen molar-refractivity contribution in [3.05, 3.63) is 88.3 Å². The van der Waals surface area contributed by atoms with Crippen molar-refractivity contribution in [2.75, 3.05) is 47.0 Å². The molecule has 1 amide bonds. The highest BCUT2D eigenvalue weighted by Gasteiger charge is 2.32. The molecular weight excluding hydrogens is 638 g/mol. The lowest BCUT2D eigenvalue weighted by Gasteiger charge is -2.37. The van der Waals surface area contributed by atoms with E-state index in [4.69, 9.17) is 19.6 Å². The Kier molecular flexibility index (Phi) is 8.44. The number of likely N-dealkylation sites (N-methyl/N-ethyl adjacent to an activating group) is 1. The maximum atomic E-state index is 16.1. The highest BCUT2D eigenvalue weighted by Crippen LogP contribution is 2.47. The number of rotatable bonds is 9. The smallest absolute Gasteiger partial charge is 0.250 e. The van der Waals surface area contributed by atoms with Gasteiger partial charge in [-0.2, -0.15) is 5.10 Å². The van der Waals surface area contributed by atoms with Crippen LogP contribution in [-0.2, 0) is 16.1 Å². The maximum Gasteiger partial charge on any atom is 0.250 e. The van der Waals surface area contributed by atoms with E-state index in [1.54, 1.807) is 21.6 Å². The van der Waals surface area contributed by atoms with Gasteiger partial charge in [0.25, 0.3) is 5.56 Å². The molecule has 7 rings (SSSR count). The van der Waals surface area contributed by atoms with Crippen molar-refractivity contribution in [2.24, 2.45) is 0 Å². The number of amides is 1. The van der Waals surface area contributed by atoms with Gasteiger partial charge in [0.1, 0.15) is 35.4 Å². The molecule has 1 saturated heterocycles. The third kappa shape index (κ3) is 5.51. The van der Waals surface area contributed by atoms with Crippen LogP contribution >= 0.6 is 11.3 Å². The average Bonchev–Trinajstić information content (AvgIpc) is 3.72. The first-order valence-corrected chi connectivity index (χ1v) is 16.5. The zero-order valence-electron chi connectivity index (χ0n) is 26.8. The molecule has 248 valence electrons. The molecule has 10 nitrogen and oxygen atoms in total. The van der Waals surface area contributed by atoms with Crippen LogP contribution in [0.15, 0.2) is 65.4 Å². The number of aromatic nitrogens is 4. The highest BCUT2D eigenvalue weighted by atomic mass is 32.1. The van der Waals surface area contributed by atoms with E-state index in [0.717, 1.165) is 41.9 Å². The standard InChI is InChI=1S/C35H34F2N6O4S/c1-5-29(44)41-9-10-43-27(20(41)2)16-26(39-43)34-32(31-25(37)14-22(36)15-28(31)47-12-11-46-4)35-24(8-13-48-35)33(38-34)21-6-7-30(45)42(17-21)23-18-40(3)19-23/h5-8,13-17,20,23H,1,9-12,18-19H2,2-4H3. The van der Waals surface area contributed by atoms with E-state index in [2.05, 4.69) is 11.5 Å². The molecule has 48 heavy (non-hydrogen) atoms. The van der Waals surface area contributed by atoms with Gasteiger partial charge in [-0.1, -0.05) is 6.58 Å². The van der Waals surface area contributed by atoms with Crippen molar-refractivity contribution < 1.29 is 23.0 Å². The largest absolute Gasteiger partial charge is 0.490 e. The molecule has 0 aliphatic carbocycles. The summed E-state index contributed by atoms with van der Waals surface area (Å²) >= 11 is 1.39. The minimum absolute atomic E-state index is 0.0119. The summed E-state index contributed by atoms with van der Waals surface area (Å²) < 4.78 is 46.1. The number of methoxy groups -OCH3 is 1. The Labute approximate surface area is 279 Å². The van der Waals surface area contributed by atoms with E-state index < -0.39 is 11.6 Å². The summed E-state index contributed by atoms with van der Waals surface area (Å²) in [4.78, 5) is 34.6. The first kappa shape index (κ1) is 31.9. The van der Waals surface area contributed by atoms with Crippen molar-refractivity contribution in [3.8, 4) is 39.5 Å².